The van der Waals surface area contributed by atoms with Gasteiger partial charge in [0.2, 0.25) is 0 Å². The standard InChI is InChI=1S/C16H16F2N2O2/c17-13-4-3-12(15(18)7-13)9-20-8-11-1-5-14(6-2-11)22-10-16(19)21/h1-7,20H,8-10H2,(H2,19,21). The number of carbonyl (C=O) groups excluding carboxylic acids is 1. The van der Waals surface area contributed by atoms with Crippen LogP contribution in [0.15, 0.2) is 42.5 Å². The van der Waals surface area contributed by atoms with Gasteiger partial charge in [0.25, 0.3) is 5.91 Å². The van der Waals surface area contributed by atoms with Crippen LogP contribution in [0.1, 0.15) is 11.1 Å². The van der Waals surface area contributed by atoms with Gasteiger partial charge < -0.3 is 15.8 Å². The molecule has 0 spiro atoms. The number of primary amides is 1. The van der Waals surface area contributed by atoms with Crippen molar-refractivity contribution >= 4 is 5.91 Å². The van der Waals surface area contributed by atoms with Crippen LogP contribution >= 0.6 is 0 Å². The summed E-state index contributed by atoms with van der Waals surface area (Å²) in [4.78, 5) is 10.6. The number of nitrogens with one attached hydrogen (secondary N) is 1. The average molecular weight is 306 g/mol. The summed E-state index contributed by atoms with van der Waals surface area (Å²) < 4.78 is 31.4. The molecule has 0 saturated heterocycles. The van der Waals surface area contributed by atoms with Gasteiger partial charge >= 0.3 is 0 Å². The van der Waals surface area contributed by atoms with Crippen molar-refractivity contribution in [2.75, 3.05) is 6.61 Å². The van der Waals surface area contributed by atoms with Crippen LogP contribution in [-0.4, -0.2) is 12.5 Å². The van der Waals surface area contributed by atoms with Crippen molar-refractivity contribution in [3.8, 4) is 5.75 Å². The van der Waals surface area contributed by atoms with Crippen LogP contribution in [0, 0.1) is 11.6 Å². The van der Waals surface area contributed by atoms with E-state index in [0.717, 1.165) is 11.6 Å². The molecule has 0 heterocycles. The van der Waals surface area contributed by atoms with Gasteiger partial charge in [0.15, 0.2) is 6.61 Å². The molecule has 0 radical (unpaired) electrons. The molecular weight excluding hydrogens is 290 g/mol. The third-order valence-corrected chi connectivity index (χ3v) is 2.96. The molecule has 2 rings (SSSR count). The molecule has 0 saturated carbocycles. The molecule has 0 aromatic heterocycles. The van der Waals surface area contributed by atoms with E-state index in [0.29, 0.717) is 24.4 Å². The third-order valence-electron chi connectivity index (χ3n) is 2.96. The Hall–Kier alpha value is -2.47. The van der Waals surface area contributed by atoms with Gasteiger partial charge in [-0.2, -0.15) is 0 Å². The minimum Gasteiger partial charge on any atom is -0.484 e. The fraction of sp³-hybridized carbons (Fsp3) is 0.188. The Balaban J connectivity index is 1.82. The molecule has 0 fully saturated rings. The van der Waals surface area contributed by atoms with Crippen LogP contribution in [-0.2, 0) is 17.9 Å². The number of nitrogens with two attached hydrogens (primary N) is 1. The van der Waals surface area contributed by atoms with E-state index in [2.05, 4.69) is 5.32 Å². The molecule has 0 bridgehead atoms. The lowest BCUT2D eigenvalue weighted by molar-refractivity contribution is -0.119. The van der Waals surface area contributed by atoms with Crippen molar-refractivity contribution in [1.82, 2.24) is 5.32 Å². The van der Waals surface area contributed by atoms with Crippen molar-refractivity contribution in [2.45, 2.75) is 13.1 Å². The molecule has 0 unspecified atom stereocenters. The summed E-state index contributed by atoms with van der Waals surface area (Å²) in [6.45, 7) is 0.653. The Labute approximate surface area is 126 Å². The smallest absolute Gasteiger partial charge is 0.255 e. The van der Waals surface area contributed by atoms with E-state index in [1.807, 2.05) is 12.1 Å². The van der Waals surface area contributed by atoms with Gasteiger partial charge in [-0.1, -0.05) is 18.2 Å². The summed E-state index contributed by atoms with van der Waals surface area (Å²) in [7, 11) is 0. The van der Waals surface area contributed by atoms with Crippen LogP contribution < -0.4 is 15.8 Å². The van der Waals surface area contributed by atoms with E-state index in [9.17, 15) is 13.6 Å². The molecule has 2 aromatic rings. The van der Waals surface area contributed by atoms with Gasteiger partial charge in [-0.15, -0.1) is 0 Å². The van der Waals surface area contributed by atoms with Crippen molar-refractivity contribution in [3.05, 3.63) is 65.2 Å². The first-order chi connectivity index (χ1) is 10.5. The maximum atomic E-state index is 13.4. The zero-order valence-corrected chi connectivity index (χ0v) is 11.8. The fourth-order valence-corrected chi connectivity index (χ4v) is 1.86. The zero-order chi connectivity index (χ0) is 15.9. The van der Waals surface area contributed by atoms with Gasteiger partial charge in [0, 0.05) is 24.7 Å². The highest BCUT2D eigenvalue weighted by molar-refractivity contribution is 5.75. The van der Waals surface area contributed by atoms with Crippen molar-refractivity contribution in [3.63, 3.8) is 0 Å². The third kappa shape index (κ3) is 4.82. The molecule has 0 aliphatic heterocycles. The molecule has 116 valence electrons. The second-order valence-electron chi connectivity index (χ2n) is 4.74. The van der Waals surface area contributed by atoms with Crippen molar-refractivity contribution in [2.24, 2.45) is 5.73 Å². The van der Waals surface area contributed by atoms with Gasteiger partial charge in [0.05, 0.1) is 0 Å². The first-order valence-corrected chi connectivity index (χ1v) is 6.69. The van der Waals surface area contributed by atoms with Gasteiger partial charge in [-0.3, -0.25) is 4.79 Å². The van der Waals surface area contributed by atoms with Crippen molar-refractivity contribution in [1.29, 1.82) is 0 Å². The van der Waals surface area contributed by atoms with E-state index < -0.39 is 17.5 Å². The van der Waals surface area contributed by atoms with Gasteiger partial charge in [0.1, 0.15) is 17.4 Å². The Kier molecular flexibility index (Phi) is 5.43. The second kappa shape index (κ2) is 7.51. The van der Waals surface area contributed by atoms with Crippen LogP contribution in [0.3, 0.4) is 0 Å². The lowest BCUT2D eigenvalue weighted by Crippen LogP contribution is -2.20. The van der Waals surface area contributed by atoms with E-state index in [1.54, 1.807) is 12.1 Å². The Bertz CT molecular complexity index is 645. The monoisotopic (exact) mass is 306 g/mol. The molecule has 22 heavy (non-hydrogen) atoms. The maximum Gasteiger partial charge on any atom is 0.255 e. The summed E-state index contributed by atoms with van der Waals surface area (Å²) >= 11 is 0. The number of halogens is 2. The molecule has 2 aromatic carbocycles. The molecule has 0 aliphatic carbocycles. The van der Waals surface area contributed by atoms with Gasteiger partial charge in [-0.05, 0) is 23.8 Å². The fourth-order valence-electron chi connectivity index (χ4n) is 1.86. The summed E-state index contributed by atoms with van der Waals surface area (Å²) in [6, 6.07) is 10.6. The topological polar surface area (TPSA) is 64.4 Å². The molecular formula is C16H16F2N2O2. The predicted octanol–water partition coefficient (Wildman–Crippen LogP) is 2.12. The van der Waals surface area contributed by atoms with E-state index >= 15 is 0 Å². The number of hydrogen-bond acceptors (Lipinski definition) is 3. The average Bonchev–Trinajstić information content (AvgIpc) is 2.48. The van der Waals surface area contributed by atoms with E-state index in [1.165, 1.54) is 12.1 Å². The summed E-state index contributed by atoms with van der Waals surface area (Å²) in [5.74, 6) is -1.14. The number of ether oxygens (including phenoxy) is 1. The van der Waals surface area contributed by atoms with E-state index in [4.69, 9.17) is 10.5 Å². The zero-order valence-electron chi connectivity index (χ0n) is 11.8. The van der Waals surface area contributed by atoms with Gasteiger partial charge in [-0.25, -0.2) is 8.78 Å². The quantitative estimate of drug-likeness (QED) is 0.823. The predicted molar refractivity (Wildman–Crippen MR) is 78.0 cm³/mol. The van der Waals surface area contributed by atoms with Crippen molar-refractivity contribution < 1.29 is 18.3 Å². The summed E-state index contributed by atoms with van der Waals surface area (Å²) in [6.07, 6.45) is 0. The Morgan fingerprint density at radius 3 is 2.45 bits per heavy atom. The number of carbonyl (C=O) groups is 1. The minimum atomic E-state index is -0.590. The molecule has 0 atom stereocenters. The SMILES string of the molecule is NC(=O)COc1ccc(CNCc2ccc(F)cc2F)cc1. The minimum absolute atomic E-state index is 0.165. The Morgan fingerprint density at radius 1 is 1.09 bits per heavy atom. The summed E-state index contributed by atoms with van der Waals surface area (Å²) in [5.41, 5.74) is 6.36. The number of rotatable bonds is 7. The highest BCUT2D eigenvalue weighted by Crippen LogP contribution is 2.13. The lowest BCUT2D eigenvalue weighted by Gasteiger charge is -2.08. The summed E-state index contributed by atoms with van der Waals surface area (Å²) in [5, 5.41) is 3.07. The number of hydrogen-bond donors (Lipinski definition) is 2. The van der Waals surface area contributed by atoms with Crippen LogP contribution in [0.2, 0.25) is 0 Å². The number of benzene rings is 2. The first kappa shape index (κ1) is 15.9. The van der Waals surface area contributed by atoms with Crippen LogP contribution in [0.25, 0.3) is 0 Å². The maximum absolute atomic E-state index is 13.4. The second-order valence-corrected chi connectivity index (χ2v) is 4.74. The highest BCUT2D eigenvalue weighted by Gasteiger charge is 2.03. The Morgan fingerprint density at radius 2 is 1.82 bits per heavy atom. The van der Waals surface area contributed by atoms with Crippen LogP contribution in [0.5, 0.6) is 5.75 Å². The largest absolute Gasteiger partial charge is 0.484 e. The molecule has 3 N–H and O–H groups in total. The molecule has 1 amide bonds. The highest BCUT2D eigenvalue weighted by atomic mass is 19.1. The van der Waals surface area contributed by atoms with Crippen LogP contribution in [0.4, 0.5) is 8.78 Å². The lowest BCUT2D eigenvalue weighted by atomic mass is 10.2. The molecule has 0 aliphatic rings. The normalized spacial score (nSPS) is 10.5. The first-order valence-electron chi connectivity index (χ1n) is 6.69. The number of amides is 1. The molecule has 4 nitrogen and oxygen atoms in total. The van der Waals surface area contributed by atoms with E-state index in [-0.39, 0.29) is 6.61 Å². The molecule has 6 heteroatoms.